The van der Waals surface area contributed by atoms with Crippen molar-refractivity contribution in [1.29, 1.82) is 0 Å². The SMILES string of the molecule is CN(Cc1cnn(Cc2ccccc2)c1)C(=O)COc1ccc(Br)cc1. The minimum atomic E-state index is -0.0799. The standard InChI is InChI=1S/C20H20BrN3O2/c1-23(20(25)15-26-19-9-7-18(21)8-10-19)12-17-11-22-24(14-17)13-16-5-3-2-4-6-16/h2-11,14H,12-13,15H2,1H3. The maximum Gasteiger partial charge on any atom is 0.260 e. The number of hydrogen-bond donors (Lipinski definition) is 0. The Morgan fingerprint density at radius 1 is 1.12 bits per heavy atom. The Labute approximate surface area is 161 Å². The first-order valence-corrected chi connectivity index (χ1v) is 9.07. The van der Waals surface area contributed by atoms with Crippen LogP contribution in [-0.2, 0) is 17.9 Å². The summed E-state index contributed by atoms with van der Waals surface area (Å²) in [4.78, 5) is 13.9. The summed E-state index contributed by atoms with van der Waals surface area (Å²) in [7, 11) is 1.77. The fourth-order valence-corrected chi connectivity index (χ4v) is 2.76. The number of aromatic nitrogens is 2. The molecule has 0 saturated carbocycles. The van der Waals surface area contributed by atoms with Crippen molar-refractivity contribution in [3.8, 4) is 5.75 Å². The quantitative estimate of drug-likeness (QED) is 0.592. The van der Waals surface area contributed by atoms with Crippen molar-refractivity contribution in [2.24, 2.45) is 0 Å². The van der Waals surface area contributed by atoms with E-state index in [1.54, 1.807) is 18.1 Å². The molecular weight excluding hydrogens is 394 g/mol. The zero-order valence-electron chi connectivity index (χ0n) is 14.5. The molecule has 5 nitrogen and oxygen atoms in total. The normalized spacial score (nSPS) is 10.5. The van der Waals surface area contributed by atoms with Crippen LogP contribution in [0.1, 0.15) is 11.1 Å². The van der Waals surface area contributed by atoms with Crippen LogP contribution in [0.2, 0.25) is 0 Å². The number of hydrogen-bond acceptors (Lipinski definition) is 3. The van der Waals surface area contributed by atoms with Gasteiger partial charge in [0.25, 0.3) is 5.91 Å². The van der Waals surface area contributed by atoms with Crippen molar-refractivity contribution >= 4 is 21.8 Å². The van der Waals surface area contributed by atoms with Gasteiger partial charge in [0.05, 0.1) is 12.7 Å². The molecule has 0 spiro atoms. The minimum absolute atomic E-state index is 0.0102. The van der Waals surface area contributed by atoms with Crippen molar-refractivity contribution in [2.75, 3.05) is 13.7 Å². The van der Waals surface area contributed by atoms with Gasteiger partial charge >= 0.3 is 0 Å². The molecule has 1 aromatic heterocycles. The van der Waals surface area contributed by atoms with Gasteiger partial charge in [0.1, 0.15) is 5.75 Å². The predicted octanol–water partition coefficient (Wildman–Crippen LogP) is 3.73. The lowest BCUT2D eigenvalue weighted by Gasteiger charge is -2.16. The third kappa shape index (κ3) is 5.20. The molecule has 0 fully saturated rings. The number of rotatable bonds is 7. The van der Waals surface area contributed by atoms with Gasteiger partial charge in [-0.1, -0.05) is 46.3 Å². The summed E-state index contributed by atoms with van der Waals surface area (Å²) in [6.45, 7) is 1.22. The fraction of sp³-hybridized carbons (Fsp3) is 0.200. The Bertz CT molecular complexity index is 847. The molecule has 0 N–H and O–H groups in total. The van der Waals surface area contributed by atoms with E-state index < -0.39 is 0 Å². The van der Waals surface area contributed by atoms with Crippen LogP contribution in [0.15, 0.2) is 71.5 Å². The highest BCUT2D eigenvalue weighted by Crippen LogP contribution is 2.16. The minimum Gasteiger partial charge on any atom is -0.484 e. The van der Waals surface area contributed by atoms with Crippen LogP contribution in [-0.4, -0.2) is 34.2 Å². The molecule has 0 atom stereocenters. The molecule has 0 bridgehead atoms. The number of carbonyl (C=O) groups excluding carboxylic acids is 1. The molecule has 2 aromatic carbocycles. The Morgan fingerprint density at radius 3 is 2.58 bits per heavy atom. The van der Waals surface area contributed by atoms with E-state index >= 15 is 0 Å². The maximum atomic E-state index is 12.2. The lowest BCUT2D eigenvalue weighted by molar-refractivity contribution is -0.132. The third-order valence-electron chi connectivity index (χ3n) is 3.90. The summed E-state index contributed by atoms with van der Waals surface area (Å²) in [6.07, 6.45) is 3.76. The molecule has 1 heterocycles. The Kier molecular flexibility index (Phi) is 6.07. The molecule has 0 saturated heterocycles. The van der Waals surface area contributed by atoms with Crippen LogP contribution >= 0.6 is 15.9 Å². The highest BCUT2D eigenvalue weighted by atomic mass is 79.9. The van der Waals surface area contributed by atoms with E-state index in [-0.39, 0.29) is 12.5 Å². The van der Waals surface area contributed by atoms with Gasteiger partial charge < -0.3 is 9.64 Å². The summed E-state index contributed by atoms with van der Waals surface area (Å²) in [6, 6.07) is 17.6. The number of amides is 1. The van der Waals surface area contributed by atoms with Crippen LogP contribution in [0.5, 0.6) is 5.75 Å². The summed E-state index contributed by atoms with van der Waals surface area (Å²) in [5.41, 5.74) is 2.18. The van der Waals surface area contributed by atoms with Gasteiger partial charge in [0.2, 0.25) is 0 Å². The molecule has 6 heteroatoms. The van der Waals surface area contributed by atoms with Crippen molar-refractivity contribution in [1.82, 2.24) is 14.7 Å². The lowest BCUT2D eigenvalue weighted by Crippen LogP contribution is -2.30. The summed E-state index contributed by atoms with van der Waals surface area (Å²) >= 11 is 3.37. The molecular formula is C20H20BrN3O2. The van der Waals surface area contributed by atoms with Crippen molar-refractivity contribution < 1.29 is 9.53 Å². The van der Waals surface area contributed by atoms with Crippen LogP contribution in [0, 0.1) is 0 Å². The molecule has 134 valence electrons. The Hall–Kier alpha value is -2.60. The zero-order chi connectivity index (χ0) is 18.4. The van der Waals surface area contributed by atoms with Crippen LogP contribution in [0.4, 0.5) is 0 Å². The average Bonchev–Trinajstić information content (AvgIpc) is 3.08. The van der Waals surface area contributed by atoms with Gasteiger partial charge in [-0.05, 0) is 29.8 Å². The highest BCUT2D eigenvalue weighted by molar-refractivity contribution is 9.10. The average molecular weight is 414 g/mol. The Morgan fingerprint density at radius 2 is 1.85 bits per heavy atom. The first-order valence-electron chi connectivity index (χ1n) is 8.28. The monoisotopic (exact) mass is 413 g/mol. The molecule has 0 unspecified atom stereocenters. The second-order valence-corrected chi connectivity index (χ2v) is 6.94. The molecule has 3 rings (SSSR count). The van der Waals surface area contributed by atoms with Crippen LogP contribution in [0.3, 0.4) is 0 Å². The summed E-state index contributed by atoms with van der Waals surface area (Å²) in [5.74, 6) is 0.592. The fourth-order valence-electron chi connectivity index (χ4n) is 2.49. The first-order chi connectivity index (χ1) is 12.6. The molecule has 1 amide bonds. The molecule has 0 aliphatic rings. The highest BCUT2D eigenvalue weighted by Gasteiger charge is 2.11. The maximum absolute atomic E-state index is 12.2. The van der Waals surface area contributed by atoms with Crippen molar-refractivity contribution in [3.05, 3.63) is 82.6 Å². The molecule has 0 radical (unpaired) electrons. The van der Waals surface area contributed by atoms with Crippen LogP contribution < -0.4 is 4.74 Å². The van der Waals surface area contributed by atoms with Crippen molar-refractivity contribution in [3.63, 3.8) is 0 Å². The van der Waals surface area contributed by atoms with Gasteiger partial charge in [0, 0.05) is 29.8 Å². The van der Waals surface area contributed by atoms with Crippen molar-refractivity contribution in [2.45, 2.75) is 13.1 Å². The Balaban J connectivity index is 1.50. The van der Waals surface area contributed by atoms with E-state index in [0.717, 1.165) is 10.0 Å². The number of ether oxygens (including phenoxy) is 1. The van der Waals surface area contributed by atoms with Gasteiger partial charge in [0.15, 0.2) is 6.61 Å². The smallest absolute Gasteiger partial charge is 0.260 e. The first kappa shape index (κ1) is 18.2. The number of benzene rings is 2. The van der Waals surface area contributed by atoms with E-state index in [1.165, 1.54) is 5.56 Å². The second kappa shape index (κ2) is 8.67. The molecule has 0 aliphatic carbocycles. The van der Waals surface area contributed by atoms with Gasteiger partial charge in [-0.15, -0.1) is 0 Å². The van der Waals surface area contributed by atoms with Gasteiger partial charge in [-0.2, -0.15) is 5.10 Å². The lowest BCUT2D eigenvalue weighted by atomic mass is 10.2. The number of nitrogens with zero attached hydrogens (tertiary/aromatic N) is 3. The number of likely N-dealkylation sites (N-methyl/N-ethyl adjacent to an activating group) is 1. The number of halogens is 1. The van der Waals surface area contributed by atoms with Gasteiger partial charge in [-0.3, -0.25) is 9.48 Å². The van der Waals surface area contributed by atoms with E-state index in [4.69, 9.17) is 4.74 Å². The van der Waals surface area contributed by atoms with Crippen LogP contribution in [0.25, 0.3) is 0 Å². The van der Waals surface area contributed by atoms with E-state index in [9.17, 15) is 4.79 Å². The largest absolute Gasteiger partial charge is 0.484 e. The molecule has 3 aromatic rings. The predicted molar refractivity (Wildman–Crippen MR) is 104 cm³/mol. The molecule has 0 aliphatic heterocycles. The van der Waals surface area contributed by atoms with E-state index in [1.807, 2.05) is 53.3 Å². The summed E-state index contributed by atoms with van der Waals surface area (Å²) in [5, 5.41) is 4.37. The van der Waals surface area contributed by atoms with Gasteiger partial charge in [-0.25, -0.2) is 0 Å². The topological polar surface area (TPSA) is 47.4 Å². The second-order valence-electron chi connectivity index (χ2n) is 6.02. The summed E-state index contributed by atoms with van der Waals surface area (Å²) < 4.78 is 8.38. The number of carbonyl (C=O) groups is 1. The molecule has 26 heavy (non-hydrogen) atoms. The zero-order valence-corrected chi connectivity index (χ0v) is 16.1. The van der Waals surface area contributed by atoms with E-state index in [2.05, 4.69) is 33.2 Å². The third-order valence-corrected chi connectivity index (χ3v) is 4.42. The van der Waals surface area contributed by atoms with E-state index in [0.29, 0.717) is 18.8 Å².